The lowest BCUT2D eigenvalue weighted by molar-refractivity contribution is -0.611. The zero-order chi connectivity index (χ0) is 26.7. The fourth-order valence-electron chi connectivity index (χ4n) is 5.07. The Kier molecular flexibility index (Phi) is 7.52. The summed E-state index contributed by atoms with van der Waals surface area (Å²) in [6.07, 6.45) is 3.56. The second kappa shape index (κ2) is 10.6. The van der Waals surface area contributed by atoms with Crippen LogP contribution >= 0.6 is 0 Å². The highest BCUT2D eigenvalue weighted by atomic mass is 16.6. The second-order valence-corrected chi connectivity index (χ2v) is 10.7. The van der Waals surface area contributed by atoms with Gasteiger partial charge in [0.1, 0.15) is 11.6 Å². The van der Waals surface area contributed by atoms with Gasteiger partial charge in [-0.05, 0) is 81.3 Å². The fraction of sp³-hybridized carbons (Fsp3) is 0.367. The van der Waals surface area contributed by atoms with E-state index in [0.717, 1.165) is 46.2 Å². The number of ether oxygens (including phenoxy) is 1. The maximum Gasteiger partial charge on any atom is 0.408 e. The summed E-state index contributed by atoms with van der Waals surface area (Å²) < 4.78 is 6.34. The lowest BCUT2D eigenvalue weighted by atomic mass is 9.78. The van der Waals surface area contributed by atoms with Gasteiger partial charge in [-0.1, -0.05) is 36.4 Å². The van der Waals surface area contributed by atoms with Gasteiger partial charge in [-0.3, -0.25) is 4.79 Å². The molecule has 1 heterocycles. The summed E-state index contributed by atoms with van der Waals surface area (Å²) in [7, 11) is 0. The Hall–Kier alpha value is -3.87. The average Bonchev–Trinajstić information content (AvgIpc) is 2.85. The molecule has 0 aliphatic heterocycles. The zero-order valence-electron chi connectivity index (χ0n) is 22.1. The molecule has 0 fully saturated rings. The van der Waals surface area contributed by atoms with Crippen LogP contribution in [0.4, 0.5) is 10.5 Å². The number of pyridine rings is 1. The van der Waals surface area contributed by atoms with Crippen molar-refractivity contribution in [2.24, 2.45) is 0 Å². The first-order valence-corrected chi connectivity index (χ1v) is 12.7. The highest BCUT2D eigenvalue weighted by molar-refractivity contribution is 5.97. The monoisotopic (exact) mass is 501 g/mol. The van der Waals surface area contributed by atoms with Crippen molar-refractivity contribution < 1.29 is 19.1 Å². The van der Waals surface area contributed by atoms with E-state index in [1.54, 1.807) is 33.8 Å². The van der Waals surface area contributed by atoms with Crippen LogP contribution in [0.5, 0.6) is 0 Å². The van der Waals surface area contributed by atoms with E-state index in [1.807, 2.05) is 49.4 Å². The minimum atomic E-state index is -0.797. The third kappa shape index (κ3) is 6.10. The van der Waals surface area contributed by atoms with Crippen LogP contribution in [0.1, 0.15) is 61.9 Å². The quantitative estimate of drug-likeness (QED) is 0.354. The molecular weight excluding hydrogens is 466 g/mol. The van der Waals surface area contributed by atoms with Gasteiger partial charge in [0.15, 0.2) is 11.9 Å². The molecule has 0 spiro atoms. The van der Waals surface area contributed by atoms with Crippen LogP contribution in [0.15, 0.2) is 60.8 Å². The van der Waals surface area contributed by atoms with Crippen LogP contribution in [-0.4, -0.2) is 23.6 Å². The summed E-state index contributed by atoms with van der Waals surface area (Å²) in [5.41, 5.74) is 5.60. The smallest absolute Gasteiger partial charge is 0.408 e. The molecular formula is C30H35N3O4. The standard InChI is InChI=1S/C30H35N3O4/c1-19-17-18-33(36)20(2)26(19)22-13-15-23(16-14-22)31-28(34)27(32-29(35)37-30(3,4)5)25-12-8-10-21-9-6-7-11-24(21)25/h6-7,9,11,13-18,25,27H,8,10,12H2,1-5H3,(H,31,34)(H,32,35)/t25-,27-/m0/s1. The molecule has 0 saturated heterocycles. The number of nitrogens with one attached hydrogen (secondary N) is 2. The summed E-state index contributed by atoms with van der Waals surface area (Å²) in [6, 6.07) is 16.5. The number of carbonyl (C=O) groups excluding carboxylic acids is 2. The Morgan fingerprint density at radius 1 is 1.05 bits per heavy atom. The molecule has 0 saturated carbocycles. The van der Waals surface area contributed by atoms with Crippen molar-refractivity contribution in [1.29, 1.82) is 0 Å². The Bertz CT molecular complexity index is 1300. The number of benzene rings is 2. The largest absolute Gasteiger partial charge is 0.618 e. The highest BCUT2D eigenvalue weighted by Gasteiger charge is 2.35. The highest BCUT2D eigenvalue weighted by Crippen LogP contribution is 2.35. The van der Waals surface area contributed by atoms with E-state index >= 15 is 0 Å². The summed E-state index contributed by atoms with van der Waals surface area (Å²) in [4.78, 5) is 26.3. The van der Waals surface area contributed by atoms with Crippen molar-refractivity contribution in [1.82, 2.24) is 5.32 Å². The topological polar surface area (TPSA) is 94.4 Å². The van der Waals surface area contributed by atoms with Crippen LogP contribution in [0, 0.1) is 19.1 Å². The number of nitrogens with zero attached hydrogens (tertiary/aromatic N) is 1. The molecule has 194 valence electrons. The number of fused-ring (bicyclic) bond motifs is 1. The average molecular weight is 502 g/mol. The number of alkyl carbamates (subject to hydrolysis) is 1. The van der Waals surface area contributed by atoms with Crippen molar-refractivity contribution in [2.45, 2.75) is 71.4 Å². The molecule has 1 aromatic heterocycles. The second-order valence-electron chi connectivity index (χ2n) is 10.7. The molecule has 37 heavy (non-hydrogen) atoms. The van der Waals surface area contributed by atoms with Crippen LogP contribution in [-0.2, 0) is 16.0 Å². The van der Waals surface area contributed by atoms with Gasteiger partial charge < -0.3 is 20.6 Å². The first kappa shape index (κ1) is 26.2. The van der Waals surface area contributed by atoms with Crippen molar-refractivity contribution in [3.63, 3.8) is 0 Å². The van der Waals surface area contributed by atoms with Gasteiger partial charge in [0.05, 0.1) is 5.56 Å². The van der Waals surface area contributed by atoms with Gasteiger partial charge in [0.2, 0.25) is 5.91 Å². The number of anilines is 1. The third-order valence-electron chi connectivity index (χ3n) is 6.76. The Morgan fingerprint density at radius 2 is 1.76 bits per heavy atom. The van der Waals surface area contributed by atoms with Crippen molar-refractivity contribution in [2.75, 3.05) is 5.32 Å². The van der Waals surface area contributed by atoms with E-state index in [2.05, 4.69) is 16.7 Å². The predicted octanol–water partition coefficient (Wildman–Crippen LogP) is 5.56. The van der Waals surface area contributed by atoms with Gasteiger partial charge in [-0.25, -0.2) is 4.79 Å². The summed E-state index contributed by atoms with van der Waals surface area (Å²) in [5.74, 6) is -0.469. The molecule has 3 aromatic rings. The zero-order valence-corrected chi connectivity index (χ0v) is 22.1. The summed E-state index contributed by atoms with van der Waals surface area (Å²) >= 11 is 0. The molecule has 2 N–H and O–H groups in total. The van der Waals surface area contributed by atoms with Crippen molar-refractivity contribution in [3.8, 4) is 11.1 Å². The molecule has 1 aliphatic rings. The van der Waals surface area contributed by atoms with Crippen LogP contribution < -0.4 is 15.4 Å². The Labute approximate surface area is 218 Å². The van der Waals surface area contributed by atoms with Gasteiger partial charge in [-0.2, -0.15) is 4.73 Å². The van der Waals surface area contributed by atoms with E-state index < -0.39 is 17.7 Å². The van der Waals surface area contributed by atoms with Crippen molar-refractivity contribution in [3.05, 3.63) is 88.4 Å². The SMILES string of the molecule is Cc1cc[n+]([O-])c(C)c1-c1ccc(NC(=O)[C@@H](NC(=O)OC(C)(C)C)[C@H]2CCCc3ccccc32)cc1. The normalized spacial score (nSPS) is 15.9. The van der Waals surface area contributed by atoms with Gasteiger partial charge in [-0.15, -0.1) is 0 Å². The number of hydrogen-bond acceptors (Lipinski definition) is 4. The lowest BCUT2D eigenvalue weighted by Gasteiger charge is -2.32. The molecule has 7 nitrogen and oxygen atoms in total. The maximum absolute atomic E-state index is 13.6. The Balaban J connectivity index is 1.59. The molecule has 0 radical (unpaired) electrons. The van der Waals surface area contributed by atoms with E-state index in [4.69, 9.17) is 4.74 Å². The molecule has 1 aliphatic carbocycles. The number of aryl methyl sites for hydroxylation is 2. The molecule has 7 heteroatoms. The summed E-state index contributed by atoms with van der Waals surface area (Å²) in [6.45, 7) is 9.14. The molecule has 2 atom stereocenters. The summed E-state index contributed by atoms with van der Waals surface area (Å²) in [5, 5.41) is 17.9. The first-order valence-electron chi connectivity index (χ1n) is 12.7. The first-order chi connectivity index (χ1) is 17.5. The maximum atomic E-state index is 13.6. The van der Waals surface area contributed by atoms with Gasteiger partial charge in [0.25, 0.3) is 0 Å². The molecule has 4 rings (SSSR count). The molecule has 0 bridgehead atoms. The molecule has 0 unspecified atom stereocenters. The van der Waals surface area contributed by atoms with Crippen LogP contribution in [0.25, 0.3) is 11.1 Å². The molecule has 2 amide bonds. The lowest BCUT2D eigenvalue weighted by Crippen LogP contribution is -2.49. The number of rotatable bonds is 5. The van der Waals surface area contributed by atoms with E-state index in [0.29, 0.717) is 11.4 Å². The van der Waals surface area contributed by atoms with E-state index in [-0.39, 0.29) is 11.8 Å². The van der Waals surface area contributed by atoms with E-state index in [9.17, 15) is 14.8 Å². The minimum absolute atomic E-state index is 0.168. The van der Waals surface area contributed by atoms with E-state index in [1.165, 1.54) is 11.8 Å². The fourth-order valence-corrected chi connectivity index (χ4v) is 5.07. The minimum Gasteiger partial charge on any atom is -0.618 e. The van der Waals surface area contributed by atoms with Gasteiger partial charge >= 0.3 is 6.09 Å². The number of hydrogen-bond donors (Lipinski definition) is 2. The number of aromatic nitrogens is 1. The predicted molar refractivity (Wildman–Crippen MR) is 144 cm³/mol. The van der Waals surface area contributed by atoms with Crippen molar-refractivity contribution >= 4 is 17.7 Å². The Morgan fingerprint density at radius 3 is 2.46 bits per heavy atom. The van der Waals surface area contributed by atoms with Crippen LogP contribution in [0.3, 0.4) is 0 Å². The van der Waals surface area contributed by atoms with Gasteiger partial charge in [0, 0.05) is 24.6 Å². The number of carbonyl (C=O) groups is 2. The number of amides is 2. The van der Waals surface area contributed by atoms with Crippen LogP contribution in [0.2, 0.25) is 0 Å². The third-order valence-corrected chi connectivity index (χ3v) is 6.76. The molecule has 2 aromatic carbocycles.